The molecule has 0 saturated carbocycles. The molecule has 1 aromatic carbocycles. The summed E-state index contributed by atoms with van der Waals surface area (Å²) in [6, 6.07) is 4.99. The third kappa shape index (κ3) is 3.56. The van der Waals surface area contributed by atoms with Crippen LogP contribution in [0.3, 0.4) is 0 Å². The van der Waals surface area contributed by atoms with E-state index in [4.69, 9.17) is 22.5 Å². The van der Waals surface area contributed by atoms with Crippen LogP contribution in [0.5, 0.6) is 0 Å². The Labute approximate surface area is 132 Å². The average Bonchev–Trinajstić information content (AvgIpc) is 2.45. The normalized spacial score (nSPS) is 20.6. The van der Waals surface area contributed by atoms with Crippen molar-refractivity contribution in [3.05, 3.63) is 28.8 Å². The van der Waals surface area contributed by atoms with Gasteiger partial charge in [-0.15, -0.1) is 0 Å². The summed E-state index contributed by atoms with van der Waals surface area (Å²) in [7, 11) is -3.19. The van der Waals surface area contributed by atoms with E-state index in [1.165, 1.54) is 6.26 Å². The first-order valence-corrected chi connectivity index (χ1v) is 9.64. The van der Waals surface area contributed by atoms with Crippen LogP contribution in [0.15, 0.2) is 23.4 Å². The average molecular weight is 350 g/mol. The predicted octanol–water partition coefficient (Wildman–Crippen LogP) is 1.36. The minimum Gasteiger partial charge on any atom is -0.409 e. The van der Waals surface area contributed by atoms with Crippen molar-refractivity contribution in [2.24, 2.45) is 10.9 Å². The number of anilines is 1. The number of nitrogens with zero attached hydrogens (tertiary/aromatic N) is 2. The summed E-state index contributed by atoms with van der Waals surface area (Å²) in [5.74, 6) is 1.30. The van der Waals surface area contributed by atoms with Gasteiger partial charge in [0, 0.05) is 35.6 Å². The van der Waals surface area contributed by atoms with Gasteiger partial charge in [-0.3, -0.25) is 0 Å². The number of thioether (sulfide) groups is 1. The molecule has 3 N–H and O–H groups in total. The Balaban J connectivity index is 2.38. The van der Waals surface area contributed by atoms with E-state index in [-0.39, 0.29) is 5.84 Å². The van der Waals surface area contributed by atoms with Crippen molar-refractivity contribution in [3.8, 4) is 0 Å². The van der Waals surface area contributed by atoms with Crippen molar-refractivity contribution in [2.45, 2.75) is 5.37 Å². The van der Waals surface area contributed by atoms with E-state index in [9.17, 15) is 8.42 Å². The molecule has 1 aromatic rings. The molecule has 1 fully saturated rings. The lowest BCUT2D eigenvalue weighted by molar-refractivity contribution is 0.318. The van der Waals surface area contributed by atoms with E-state index >= 15 is 0 Å². The second kappa shape index (κ2) is 6.33. The monoisotopic (exact) mass is 349 g/mol. The molecule has 0 amide bonds. The highest BCUT2D eigenvalue weighted by atomic mass is 35.5. The standard InChI is InChI=1S/C12H16ClN3O3S2/c1-21(18,19)11-7-20-5-4-16(11)8-2-3-9(10(13)6-8)12(14)15-17/h2-3,6,11,17H,4-5,7H2,1H3,(H2,14,15). The molecule has 6 nitrogen and oxygen atoms in total. The summed E-state index contributed by atoms with van der Waals surface area (Å²) in [6.07, 6.45) is 1.24. The first-order chi connectivity index (χ1) is 9.84. The van der Waals surface area contributed by atoms with Gasteiger partial charge in [-0.05, 0) is 18.2 Å². The molecule has 2 rings (SSSR count). The molecule has 1 aliphatic rings. The molecule has 1 saturated heterocycles. The number of halogens is 1. The lowest BCUT2D eigenvalue weighted by Gasteiger charge is -2.36. The molecule has 0 radical (unpaired) electrons. The van der Waals surface area contributed by atoms with Gasteiger partial charge >= 0.3 is 0 Å². The zero-order valence-electron chi connectivity index (χ0n) is 11.4. The second-order valence-corrected chi connectivity index (χ2v) is 8.46. The lowest BCUT2D eigenvalue weighted by atomic mass is 10.1. The number of nitrogens with two attached hydrogens (primary N) is 1. The van der Waals surface area contributed by atoms with Crippen molar-refractivity contribution < 1.29 is 13.6 Å². The molecule has 1 heterocycles. The summed E-state index contributed by atoms with van der Waals surface area (Å²) < 4.78 is 23.8. The Morgan fingerprint density at radius 1 is 1.57 bits per heavy atom. The fourth-order valence-electron chi connectivity index (χ4n) is 2.18. The van der Waals surface area contributed by atoms with Gasteiger partial charge in [-0.1, -0.05) is 16.8 Å². The van der Waals surface area contributed by atoms with Gasteiger partial charge < -0.3 is 15.8 Å². The smallest absolute Gasteiger partial charge is 0.171 e. The Bertz CT molecular complexity index is 664. The van der Waals surface area contributed by atoms with Crippen molar-refractivity contribution >= 4 is 44.7 Å². The highest BCUT2D eigenvalue weighted by Crippen LogP contribution is 2.30. The molecule has 1 aliphatic heterocycles. The Morgan fingerprint density at radius 3 is 2.86 bits per heavy atom. The lowest BCUT2D eigenvalue weighted by Crippen LogP contribution is -2.47. The number of oxime groups is 1. The molecule has 9 heteroatoms. The van der Waals surface area contributed by atoms with E-state index in [0.29, 0.717) is 28.6 Å². The van der Waals surface area contributed by atoms with Crippen LogP contribution in [0.2, 0.25) is 5.02 Å². The van der Waals surface area contributed by atoms with Crippen molar-refractivity contribution in [1.29, 1.82) is 0 Å². The maximum atomic E-state index is 11.9. The Kier molecular flexibility index (Phi) is 4.90. The van der Waals surface area contributed by atoms with Crippen LogP contribution in [0.25, 0.3) is 0 Å². The van der Waals surface area contributed by atoms with E-state index < -0.39 is 15.2 Å². The second-order valence-electron chi connectivity index (χ2n) is 4.70. The molecule has 21 heavy (non-hydrogen) atoms. The molecule has 0 aliphatic carbocycles. The minimum absolute atomic E-state index is 0.0830. The minimum atomic E-state index is -3.19. The highest BCUT2D eigenvalue weighted by Gasteiger charge is 2.31. The van der Waals surface area contributed by atoms with E-state index in [1.807, 2.05) is 4.90 Å². The van der Waals surface area contributed by atoms with Crippen LogP contribution in [-0.2, 0) is 9.84 Å². The largest absolute Gasteiger partial charge is 0.409 e. The molecule has 116 valence electrons. The number of sulfone groups is 1. The van der Waals surface area contributed by atoms with Gasteiger partial charge in [-0.2, -0.15) is 11.8 Å². The molecule has 0 aromatic heterocycles. The van der Waals surface area contributed by atoms with Crippen LogP contribution < -0.4 is 10.6 Å². The number of amidine groups is 1. The number of benzene rings is 1. The fraction of sp³-hybridized carbons (Fsp3) is 0.417. The van der Waals surface area contributed by atoms with Crippen LogP contribution in [0.1, 0.15) is 5.56 Å². The summed E-state index contributed by atoms with van der Waals surface area (Å²) in [5.41, 5.74) is 6.64. The molecule has 0 spiro atoms. The first kappa shape index (κ1) is 16.3. The fourth-order valence-corrected chi connectivity index (χ4v) is 5.29. The van der Waals surface area contributed by atoms with E-state index in [1.54, 1.807) is 30.0 Å². The Hall–Kier alpha value is -1.12. The SMILES string of the molecule is CS(=O)(=O)C1CSCCN1c1ccc(C(N)=NO)c(Cl)c1. The topological polar surface area (TPSA) is 96.0 Å². The van der Waals surface area contributed by atoms with Crippen molar-refractivity contribution in [3.63, 3.8) is 0 Å². The summed E-state index contributed by atoms with van der Waals surface area (Å²) in [6.45, 7) is 0.627. The van der Waals surface area contributed by atoms with E-state index in [0.717, 1.165) is 5.75 Å². The number of hydrogen-bond donors (Lipinski definition) is 2. The highest BCUT2D eigenvalue weighted by molar-refractivity contribution is 8.01. The first-order valence-electron chi connectivity index (χ1n) is 6.15. The summed E-state index contributed by atoms with van der Waals surface area (Å²) in [4.78, 5) is 1.83. The van der Waals surface area contributed by atoms with Gasteiger partial charge in [0.2, 0.25) is 0 Å². The molecule has 1 unspecified atom stereocenters. The maximum Gasteiger partial charge on any atom is 0.171 e. The summed E-state index contributed by atoms with van der Waals surface area (Å²) in [5, 5.41) is 11.3. The van der Waals surface area contributed by atoms with Crippen LogP contribution in [0.4, 0.5) is 5.69 Å². The number of rotatable bonds is 3. The van der Waals surface area contributed by atoms with Crippen molar-refractivity contribution in [1.82, 2.24) is 0 Å². The quantitative estimate of drug-likeness (QED) is 0.370. The molecular formula is C12H16ClN3O3S2. The third-order valence-electron chi connectivity index (χ3n) is 3.25. The molecule has 1 atom stereocenters. The van der Waals surface area contributed by atoms with Gasteiger partial charge in [0.1, 0.15) is 5.37 Å². The predicted molar refractivity (Wildman–Crippen MR) is 87.3 cm³/mol. The van der Waals surface area contributed by atoms with Crippen LogP contribution in [-0.4, -0.2) is 49.1 Å². The third-order valence-corrected chi connectivity index (χ3v) is 6.20. The van der Waals surface area contributed by atoms with Crippen LogP contribution >= 0.6 is 23.4 Å². The van der Waals surface area contributed by atoms with Crippen LogP contribution in [0, 0.1) is 0 Å². The zero-order chi connectivity index (χ0) is 15.6. The van der Waals surface area contributed by atoms with Gasteiger partial charge in [0.25, 0.3) is 0 Å². The summed E-state index contributed by atoms with van der Waals surface area (Å²) >= 11 is 7.75. The van der Waals surface area contributed by atoms with Gasteiger partial charge in [-0.25, -0.2) is 8.42 Å². The number of hydrogen-bond acceptors (Lipinski definition) is 6. The van der Waals surface area contributed by atoms with Gasteiger partial charge in [0.05, 0.1) is 5.02 Å². The molecule has 0 bridgehead atoms. The maximum absolute atomic E-state index is 11.9. The Morgan fingerprint density at radius 2 is 2.29 bits per heavy atom. The zero-order valence-corrected chi connectivity index (χ0v) is 13.7. The molecular weight excluding hydrogens is 334 g/mol. The van der Waals surface area contributed by atoms with E-state index in [2.05, 4.69) is 5.16 Å². The van der Waals surface area contributed by atoms with Crippen molar-refractivity contribution in [2.75, 3.05) is 29.2 Å². The van der Waals surface area contributed by atoms with Gasteiger partial charge in [0.15, 0.2) is 15.7 Å².